The number of rotatable bonds is 11. The second kappa shape index (κ2) is 12.7. The summed E-state index contributed by atoms with van der Waals surface area (Å²) in [5.41, 5.74) is 3.79. The van der Waals surface area contributed by atoms with Crippen molar-refractivity contribution in [2.45, 2.75) is 27.2 Å². The predicted octanol–water partition coefficient (Wildman–Crippen LogP) is 3.73. The molecule has 184 valence electrons. The lowest BCUT2D eigenvalue weighted by Crippen LogP contribution is -2.30. The summed E-state index contributed by atoms with van der Waals surface area (Å²) < 4.78 is 0. The van der Waals surface area contributed by atoms with E-state index in [9.17, 15) is 9.59 Å². The molecule has 0 aliphatic rings. The van der Waals surface area contributed by atoms with Gasteiger partial charge in [0.05, 0.1) is 6.42 Å². The molecule has 0 unspecified atom stereocenters. The van der Waals surface area contributed by atoms with Crippen molar-refractivity contribution in [3.63, 3.8) is 0 Å². The molecule has 0 aliphatic carbocycles. The van der Waals surface area contributed by atoms with E-state index in [0.717, 1.165) is 22.3 Å². The third-order valence-electron chi connectivity index (χ3n) is 5.39. The number of halogens is 1. The minimum Gasteiger partial charge on any atom is -0.368 e. The van der Waals surface area contributed by atoms with Crippen LogP contribution in [-0.4, -0.2) is 48.0 Å². The van der Waals surface area contributed by atoms with E-state index in [1.165, 1.54) is 6.92 Å². The van der Waals surface area contributed by atoms with E-state index in [-0.39, 0.29) is 11.8 Å². The highest BCUT2D eigenvalue weighted by atomic mass is 35.5. The first-order valence-electron chi connectivity index (χ1n) is 11.5. The molecule has 9 heteroatoms. The van der Waals surface area contributed by atoms with Gasteiger partial charge >= 0.3 is 0 Å². The number of nitrogens with zero attached hydrogens (tertiary/aromatic N) is 2. The fourth-order valence-corrected chi connectivity index (χ4v) is 3.56. The molecule has 0 bridgehead atoms. The largest absolute Gasteiger partial charge is 0.368 e. The second-order valence-electron chi connectivity index (χ2n) is 8.17. The summed E-state index contributed by atoms with van der Waals surface area (Å²) in [4.78, 5) is 32.9. The molecule has 0 aliphatic heterocycles. The molecule has 4 N–H and O–H groups in total. The number of hydrogen-bond acceptors (Lipinski definition) is 6. The Morgan fingerprint density at radius 3 is 2.03 bits per heavy atom. The lowest BCUT2D eigenvalue weighted by atomic mass is 10.1. The van der Waals surface area contributed by atoms with E-state index < -0.39 is 0 Å². The summed E-state index contributed by atoms with van der Waals surface area (Å²) >= 11 is 6.03. The van der Waals surface area contributed by atoms with Crippen LogP contribution in [0.5, 0.6) is 0 Å². The average molecular weight is 495 g/mol. The Bertz CT molecular complexity index is 1170. The Morgan fingerprint density at radius 1 is 0.829 bits per heavy atom. The molecule has 0 saturated carbocycles. The first-order valence-corrected chi connectivity index (χ1v) is 11.9. The normalized spacial score (nSPS) is 10.5. The maximum atomic E-state index is 12.3. The molecule has 1 heterocycles. The van der Waals surface area contributed by atoms with Crippen molar-refractivity contribution in [2.75, 3.05) is 36.8 Å². The molecule has 2 amide bonds. The van der Waals surface area contributed by atoms with Gasteiger partial charge in [-0.05, 0) is 49.2 Å². The molecule has 0 fully saturated rings. The van der Waals surface area contributed by atoms with Gasteiger partial charge in [-0.15, -0.1) is 0 Å². The number of carbonyl (C=O) groups excluding carboxylic acids is 2. The van der Waals surface area contributed by atoms with E-state index in [2.05, 4.69) is 26.3 Å². The van der Waals surface area contributed by atoms with Crippen molar-refractivity contribution < 1.29 is 9.59 Å². The lowest BCUT2D eigenvalue weighted by Gasteiger charge is -2.16. The maximum Gasteiger partial charge on any atom is 0.224 e. The molecular formula is C26H31ClN6O2. The third-order valence-corrected chi connectivity index (χ3v) is 5.64. The highest BCUT2D eigenvalue weighted by Crippen LogP contribution is 2.26. The molecule has 3 rings (SSSR count). The van der Waals surface area contributed by atoms with Crippen molar-refractivity contribution >= 4 is 35.1 Å². The first-order chi connectivity index (χ1) is 16.8. The van der Waals surface area contributed by atoms with Gasteiger partial charge in [-0.1, -0.05) is 35.9 Å². The second-order valence-corrected chi connectivity index (χ2v) is 8.60. The topological polar surface area (TPSA) is 108 Å². The van der Waals surface area contributed by atoms with Crippen molar-refractivity contribution in [3.05, 3.63) is 70.2 Å². The fraction of sp³-hybridized carbons (Fsp3) is 0.308. The summed E-state index contributed by atoms with van der Waals surface area (Å²) in [6.45, 7) is 7.36. The van der Waals surface area contributed by atoms with Crippen molar-refractivity contribution in [3.8, 4) is 11.4 Å². The van der Waals surface area contributed by atoms with E-state index >= 15 is 0 Å². The van der Waals surface area contributed by atoms with Crippen LogP contribution in [-0.2, 0) is 16.0 Å². The van der Waals surface area contributed by atoms with Gasteiger partial charge in [-0.25, -0.2) is 9.97 Å². The summed E-state index contributed by atoms with van der Waals surface area (Å²) in [6, 6.07) is 15.2. The van der Waals surface area contributed by atoms with E-state index in [0.29, 0.717) is 55.1 Å². The number of anilines is 2. The SMILES string of the molecule is CC(=O)NCCNc1nc(-c2ccc(Cl)cc2)nc(NCCNC(=O)Cc2ccccc2C)c1C. The Morgan fingerprint density at radius 2 is 1.43 bits per heavy atom. The number of aromatic nitrogens is 2. The molecule has 8 nitrogen and oxygen atoms in total. The minimum absolute atomic E-state index is 0.0253. The van der Waals surface area contributed by atoms with Crippen LogP contribution < -0.4 is 21.3 Å². The molecule has 0 spiro atoms. The first kappa shape index (κ1) is 26.0. The Hall–Kier alpha value is -3.65. The van der Waals surface area contributed by atoms with Crippen molar-refractivity contribution in [2.24, 2.45) is 0 Å². The maximum absolute atomic E-state index is 12.3. The Labute approximate surface area is 210 Å². The Kier molecular flexibility index (Phi) is 9.43. The minimum atomic E-state index is -0.0834. The smallest absolute Gasteiger partial charge is 0.224 e. The zero-order chi connectivity index (χ0) is 25.2. The highest BCUT2D eigenvalue weighted by molar-refractivity contribution is 6.30. The molecule has 0 radical (unpaired) electrons. The third kappa shape index (κ3) is 7.96. The molecule has 0 atom stereocenters. The van der Waals surface area contributed by atoms with E-state index in [1.54, 1.807) is 12.1 Å². The van der Waals surface area contributed by atoms with Gasteiger partial charge in [-0.2, -0.15) is 0 Å². The lowest BCUT2D eigenvalue weighted by molar-refractivity contribution is -0.120. The number of nitrogens with one attached hydrogen (secondary N) is 4. The zero-order valence-corrected chi connectivity index (χ0v) is 21.0. The summed E-state index contributed by atoms with van der Waals surface area (Å²) in [6.07, 6.45) is 0.349. The van der Waals surface area contributed by atoms with Gasteiger partial charge in [-0.3, -0.25) is 9.59 Å². The van der Waals surface area contributed by atoms with E-state index in [4.69, 9.17) is 16.6 Å². The number of benzene rings is 2. The van der Waals surface area contributed by atoms with Crippen LogP contribution in [0.4, 0.5) is 11.6 Å². The standard InChI is InChI=1S/C26H31ClN6O2/c1-17-6-4-5-7-21(17)16-23(35)29-13-15-31-25-18(2)24(30-14-12-28-19(3)34)32-26(33-25)20-8-10-22(27)11-9-20/h4-11H,12-16H2,1-3H3,(H,28,34)(H,29,35)(H2,30,31,32,33). The van der Waals surface area contributed by atoms with Gasteiger partial charge in [0.15, 0.2) is 5.82 Å². The predicted molar refractivity (Wildman–Crippen MR) is 141 cm³/mol. The van der Waals surface area contributed by atoms with E-state index in [1.807, 2.05) is 50.2 Å². The van der Waals surface area contributed by atoms with Crippen molar-refractivity contribution in [1.29, 1.82) is 0 Å². The van der Waals surface area contributed by atoms with Gasteiger partial charge in [0.25, 0.3) is 0 Å². The molecule has 1 aromatic heterocycles. The number of hydrogen-bond donors (Lipinski definition) is 4. The summed E-state index contributed by atoms with van der Waals surface area (Å²) in [5, 5.41) is 12.9. The molecular weight excluding hydrogens is 464 g/mol. The molecule has 35 heavy (non-hydrogen) atoms. The summed E-state index contributed by atoms with van der Waals surface area (Å²) in [7, 11) is 0. The van der Waals surface area contributed by atoms with Crippen molar-refractivity contribution in [1.82, 2.24) is 20.6 Å². The number of amides is 2. The van der Waals surface area contributed by atoms with Crippen LogP contribution >= 0.6 is 11.6 Å². The molecule has 3 aromatic rings. The highest BCUT2D eigenvalue weighted by Gasteiger charge is 2.13. The van der Waals surface area contributed by atoms with Crippen LogP contribution in [0.15, 0.2) is 48.5 Å². The van der Waals surface area contributed by atoms with Crippen LogP contribution in [0.25, 0.3) is 11.4 Å². The number of aryl methyl sites for hydroxylation is 1. The van der Waals surface area contributed by atoms with Crippen LogP contribution in [0.2, 0.25) is 5.02 Å². The fourth-order valence-electron chi connectivity index (χ4n) is 3.44. The Balaban J connectivity index is 1.66. The van der Waals surface area contributed by atoms with Crippen LogP contribution in [0, 0.1) is 13.8 Å². The molecule has 2 aromatic carbocycles. The monoisotopic (exact) mass is 494 g/mol. The van der Waals surface area contributed by atoms with Crippen LogP contribution in [0.3, 0.4) is 0 Å². The number of carbonyl (C=O) groups is 2. The van der Waals surface area contributed by atoms with Crippen LogP contribution in [0.1, 0.15) is 23.6 Å². The zero-order valence-electron chi connectivity index (χ0n) is 20.2. The van der Waals surface area contributed by atoms with Gasteiger partial charge < -0.3 is 21.3 Å². The van der Waals surface area contributed by atoms with Gasteiger partial charge in [0.2, 0.25) is 11.8 Å². The van der Waals surface area contributed by atoms with Gasteiger partial charge in [0.1, 0.15) is 11.6 Å². The average Bonchev–Trinajstić information content (AvgIpc) is 2.83. The molecule has 0 saturated heterocycles. The quantitative estimate of drug-likeness (QED) is 0.302. The van der Waals surface area contributed by atoms with Gasteiger partial charge in [0, 0.05) is 49.3 Å². The summed E-state index contributed by atoms with van der Waals surface area (Å²) in [5.74, 6) is 1.77.